The summed E-state index contributed by atoms with van der Waals surface area (Å²) in [5.74, 6) is -2.57. The SMILES string of the molecule is CC(C)(C)c1ccc(C(=O)O)c(O)c1.CC(C)(C)c1ccc(C(=O)O)c(O)c1.[Cr]. The van der Waals surface area contributed by atoms with Gasteiger partial charge in [0.1, 0.15) is 22.6 Å². The second kappa shape index (κ2) is 9.82. The molecule has 0 amide bonds. The summed E-state index contributed by atoms with van der Waals surface area (Å²) in [5, 5.41) is 36.3. The van der Waals surface area contributed by atoms with Crippen LogP contribution in [0.25, 0.3) is 0 Å². The Labute approximate surface area is 182 Å². The molecule has 2 rings (SSSR count). The number of phenols is 2. The van der Waals surface area contributed by atoms with E-state index in [9.17, 15) is 19.8 Å². The minimum atomic E-state index is -1.11. The zero-order valence-electron chi connectivity index (χ0n) is 17.5. The van der Waals surface area contributed by atoms with Gasteiger partial charge in [-0.15, -0.1) is 0 Å². The minimum absolute atomic E-state index is 0. The Bertz CT molecular complexity index is 802. The van der Waals surface area contributed by atoms with Gasteiger partial charge < -0.3 is 20.4 Å². The maximum absolute atomic E-state index is 10.6. The second-order valence-corrected chi connectivity index (χ2v) is 8.57. The standard InChI is InChI=1S/2C11H14O3.Cr/c2*1-11(2,3)7-4-5-8(10(13)14)9(12)6-7;/h2*4-6,12H,1-3H3,(H,13,14);. The summed E-state index contributed by atoms with van der Waals surface area (Å²) < 4.78 is 0. The predicted molar refractivity (Wildman–Crippen MR) is 108 cm³/mol. The Kier molecular flexibility index (Phi) is 8.98. The number of carboxylic acids is 2. The molecule has 0 bridgehead atoms. The van der Waals surface area contributed by atoms with Crippen molar-refractivity contribution < 1.29 is 47.4 Å². The van der Waals surface area contributed by atoms with Crippen LogP contribution in [0.3, 0.4) is 0 Å². The van der Waals surface area contributed by atoms with Crippen LogP contribution in [-0.2, 0) is 28.2 Å². The molecular weight excluding hydrogens is 412 g/mol. The summed E-state index contributed by atoms with van der Waals surface area (Å²) in [7, 11) is 0. The molecule has 0 aliphatic heterocycles. The molecule has 0 heterocycles. The molecule has 2 aromatic carbocycles. The van der Waals surface area contributed by atoms with E-state index >= 15 is 0 Å². The molecule has 4 N–H and O–H groups in total. The Morgan fingerprint density at radius 1 is 0.655 bits per heavy atom. The van der Waals surface area contributed by atoms with Crippen LogP contribution in [0.2, 0.25) is 0 Å². The van der Waals surface area contributed by atoms with Crippen molar-refractivity contribution in [1.82, 2.24) is 0 Å². The molecule has 29 heavy (non-hydrogen) atoms. The first-order chi connectivity index (χ1) is 12.6. The van der Waals surface area contributed by atoms with Crippen LogP contribution < -0.4 is 0 Å². The van der Waals surface area contributed by atoms with Crippen molar-refractivity contribution in [2.45, 2.75) is 52.4 Å². The molecule has 2 aromatic rings. The van der Waals surface area contributed by atoms with Crippen molar-refractivity contribution >= 4 is 11.9 Å². The van der Waals surface area contributed by atoms with Crippen molar-refractivity contribution in [3.05, 3.63) is 58.7 Å². The van der Waals surface area contributed by atoms with Gasteiger partial charge in [0.05, 0.1) is 0 Å². The summed E-state index contributed by atoms with van der Waals surface area (Å²) in [5.41, 5.74) is 1.54. The quantitative estimate of drug-likeness (QED) is 0.535. The number of carbonyl (C=O) groups is 2. The first kappa shape index (κ1) is 26.5. The van der Waals surface area contributed by atoms with Crippen LogP contribution in [0.5, 0.6) is 11.5 Å². The molecule has 0 radical (unpaired) electrons. The fourth-order valence-corrected chi connectivity index (χ4v) is 2.36. The molecule has 0 aliphatic carbocycles. The van der Waals surface area contributed by atoms with Gasteiger partial charge in [0, 0.05) is 17.4 Å². The summed E-state index contributed by atoms with van der Waals surface area (Å²) in [6.07, 6.45) is 0. The number of aromatic carboxylic acids is 2. The summed E-state index contributed by atoms with van der Waals surface area (Å²) in [4.78, 5) is 21.2. The van der Waals surface area contributed by atoms with Gasteiger partial charge in [-0.1, -0.05) is 53.7 Å². The normalized spacial score (nSPS) is 11.0. The van der Waals surface area contributed by atoms with Gasteiger partial charge >= 0.3 is 11.9 Å². The van der Waals surface area contributed by atoms with Gasteiger partial charge in [0.15, 0.2) is 0 Å². The van der Waals surface area contributed by atoms with E-state index in [1.807, 2.05) is 41.5 Å². The van der Waals surface area contributed by atoms with Crippen LogP contribution in [0, 0.1) is 0 Å². The van der Waals surface area contributed by atoms with E-state index < -0.39 is 11.9 Å². The third-order valence-electron chi connectivity index (χ3n) is 4.19. The van der Waals surface area contributed by atoms with E-state index in [2.05, 4.69) is 0 Å². The third-order valence-corrected chi connectivity index (χ3v) is 4.19. The van der Waals surface area contributed by atoms with E-state index in [0.29, 0.717) is 0 Å². The molecule has 0 spiro atoms. The maximum atomic E-state index is 10.6. The van der Waals surface area contributed by atoms with Crippen LogP contribution in [0.4, 0.5) is 0 Å². The van der Waals surface area contributed by atoms with Gasteiger partial charge in [0.2, 0.25) is 0 Å². The molecule has 0 atom stereocenters. The van der Waals surface area contributed by atoms with Crippen LogP contribution in [0.15, 0.2) is 36.4 Å². The summed E-state index contributed by atoms with van der Waals surface area (Å²) in [6.45, 7) is 12.0. The molecule has 0 saturated carbocycles. The Hall–Kier alpha value is -2.49. The number of benzene rings is 2. The second-order valence-electron chi connectivity index (χ2n) is 8.57. The maximum Gasteiger partial charge on any atom is 0.339 e. The molecule has 0 saturated heterocycles. The summed E-state index contributed by atoms with van der Waals surface area (Å²) >= 11 is 0. The number of hydrogen-bond donors (Lipinski definition) is 4. The van der Waals surface area contributed by atoms with Crippen molar-refractivity contribution in [3.8, 4) is 11.5 Å². The van der Waals surface area contributed by atoms with Gasteiger partial charge in [-0.3, -0.25) is 0 Å². The predicted octanol–water partition coefficient (Wildman–Crippen LogP) is 4.77. The number of carboxylic acid groups (broad SMARTS) is 2. The Balaban J connectivity index is 0.000000523. The first-order valence-electron chi connectivity index (χ1n) is 8.78. The third kappa shape index (κ3) is 7.45. The minimum Gasteiger partial charge on any atom is -0.507 e. The zero-order chi connectivity index (χ0) is 21.9. The smallest absolute Gasteiger partial charge is 0.339 e. The van der Waals surface area contributed by atoms with E-state index in [0.717, 1.165) is 11.1 Å². The molecule has 0 aliphatic rings. The van der Waals surface area contributed by atoms with Gasteiger partial charge in [-0.05, 0) is 46.2 Å². The van der Waals surface area contributed by atoms with E-state index in [4.69, 9.17) is 10.2 Å². The van der Waals surface area contributed by atoms with Crippen molar-refractivity contribution in [1.29, 1.82) is 0 Å². The molecule has 158 valence electrons. The van der Waals surface area contributed by atoms with Gasteiger partial charge in [-0.2, -0.15) is 0 Å². The number of aromatic hydroxyl groups is 2. The molecule has 7 heteroatoms. The average Bonchev–Trinajstić information content (AvgIpc) is 2.52. The largest absolute Gasteiger partial charge is 0.507 e. The molecule has 0 unspecified atom stereocenters. The van der Waals surface area contributed by atoms with Crippen molar-refractivity contribution in [2.75, 3.05) is 0 Å². The van der Waals surface area contributed by atoms with Crippen LogP contribution >= 0.6 is 0 Å². The molecule has 0 fully saturated rings. The molecular formula is C22H28CrO6. The average molecular weight is 440 g/mol. The van der Waals surface area contributed by atoms with Crippen molar-refractivity contribution in [3.63, 3.8) is 0 Å². The fraction of sp³-hybridized carbons (Fsp3) is 0.364. The van der Waals surface area contributed by atoms with E-state index in [-0.39, 0.29) is 50.8 Å². The van der Waals surface area contributed by atoms with Crippen LogP contribution in [0.1, 0.15) is 73.4 Å². The van der Waals surface area contributed by atoms with E-state index in [1.165, 1.54) is 24.3 Å². The Morgan fingerprint density at radius 3 is 1.10 bits per heavy atom. The molecule has 6 nitrogen and oxygen atoms in total. The zero-order valence-corrected chi connectivity index (χ0v) is 18.8. The topological polar surface area (TPSA) is 115 Å². The number of hydrogen-bond acceptors (Lipinski definition) is 4. The molecule has 0 aromatic heterocycles. The summed E-state index contributed by atoms with van der Waals surface area (Å²) in [6, 6.07) is 9.32. The van der Waals surface area contributed by atoms with Gasteiger partial charge in [0.25, 0.3) is 0 Å². The van der Waals surface area contributed by atoms with Crippen molar-refractivity contribution in [2.24, 2.45) is 0 Å². The monoisotopic (exact) mass is 440 g/mol. The van der Waals surface area contributed by atoms with E-state index in [1.54, 1.807) is 12.1 Å². The Morgan fingerprint density at radius 2 is 0.931 bits per heavy atom. The van der Waals surface area contributed by atoms with Gasteiger partial charge in [-0.25, -0.2) is 9.59 Å². The number of rotatable bonds is 2. The first-order valence-corrected chi connectivity index (χ1v) is 8.78. The fourth-order valence-electron chi connectivity index (χ4n) is 2.36. The van der Waals surface area contributed by atoms with Crippen LogP contribution in [-0.4, -0.2) is 32.4 Å².